The first-order chi connectivity index (χ1) is 9.25. The highest BCUT2D eigenvalue weighted by Gasteiger charge is 2.10. The minimum Gasteiger partial charge on any atom is -0.399 e. The van der Waals surface area contributed by atoms with Crippen LogP contribution in [-0.4, -0.2) is 8.42 Å². The molecule has 0 aromatic heterocycles. The van der Waals surface area contributed by atoms with Gasteiger partial charge in [0.2, 0.25) is 10.0 Å². The van der Waals surface area contributed by atoms with Gasteiger partial charge in [0.25, 0.3) is 0 Å². The molecule has 2 aromatic carbocycles. The first kappa shape index (κ1) is 14.6. The SMILES string of the molecule is Cc1ccc(Nc2cc(N)cc(S(N)(=O)=O)c2)cc1Cl. The highest BCUT2D eigenvalue weighted by Crippen LogP contribution is 2.26. The largest absolute Gasteiger partial charge is 0.399 e. The third kappa shape index (κ3) is 3.41. The Hall–Kier alpha value is -1.76. The third-order valence-electron chi connectivity index (χ3n) is 2.72. The van der Waals surface area contributed by atoms with Gasteiger partial charge >= 0.3 is 0 Å². The Balaban J connectivity index is 2.38. The Morgan fingerprint density at radius 1 is 1.10 bits per heavy atom. The van der Waals surface area contributed by atoms with Crippen LogP contribution in [0.5, 0.6) is 0 Å². The highest BCUT2D eigenvalue weighted by atomic mass is 35.5. The van der Waals surface area contributed by atoms with E-state index in [1.165, 1.54) is 12.1 Å². The van der Waals surface area contributed by atoms with Crippen LogP contribution < -0.4 is 16.2 Å². The van der Waals surface area contributed by atoms with Gasteiger partial charge in [-0.05, 0) is 42.8 Å². The number of halogens is 1. The number of nitrogen functional groups attached to an aromatic ring is 1. The van der Waals surface area contributed by atoms with Crippen LogP contribution in [0.15, 0.2) is 41.3 Å². The zero-order valence-corrected chi connectivity index (χ0v) is 12.3. The molecule has 2 rings (SSSR count). The van der Waals surface area contributed by atoms with Crippen molar-refractivity contribution >= 4 is 38.7 Å². The van der Waals surface area contributed by atoms with Gasteiger partial charge in [0.05, 0.1) is 4.90 Å². The number of sulfonamides is 1. The van der Waals surface area contributed by atoms with Crippen LogP contribution in [0.3, 0.4) is 0 Å². The molecule has 0 spiro atoms. The fourth-order valence-electron chi connectivity index (χ4n) is 1.70. The summed E-state index contributed by atoms with van der Waals surface area (Å²) in [4.78, 5) is -0.0433. The molecule has 0 fully saturated rings. The van der Waals surface area contributed by atoms with Crippen LogP contribution in [0.1, 0.15) is 5.56 Å². The third-order valence-corrected chi connectivity index (χ3v) is 4.02. The fourth-order valence-corrected chi connectivity index (χ4v) is 2.47. The number of aryl methyl sites for hydroxylation is 1. The first-order valence-corrected chi connectivity index (χ1v) is 7.65. The lowest BCUT2D eigenvalue weighted by molar-refractivity contribution is 0.598. The quantitative estimate of drug-likeness (QED) is 0.759. The van der Waals surface area contributed by atoms with Crippen molar-refractivity contribution in [2.45, 2.75) is 11.8 Å². The Bertz CT molecular complexity index is 760. The molecule has 0 aliphatic carbocycles. The van der Waals surface area contributed by atoms with Crippen LogP contribution in [0.2, 0.25) is 5.02 Å². The second-order valence-corrected chi connectivity index (χ2v) is 6.39. The van der Waals surface area contributed by atoms with Crippen LogP contribution >= 0.6 is 11.6 Å². The number of nitrogens with one attached hydrogen (secondary N) is 1. The van der Waals surface area contributed by atoms with E-state index in [0.717, 1.165) is 11.3 Å². The van der Waals surface area contributed by atoms with E-state index < -0.39 is 10.0 Å². The van der Waals surface area contributed by atoms with E-state index in [1.54, 1.807) is 12.1 Å². The van der Waals surface area contributed by atoms with Crippen molar-refractivity contribution in [1.29, 1.82) is 0 Å². The molecular weight excluding hydrogens is 298 g/mol. The Morgan fingerprint density at radius 2 is 1.80 bits per heavy atom. The number of hydrogen-bond acceptors (Lipinski definition) is 4. The predicted octanol–water partition coefficient (Wildman–Crippen LogP) is 2.62. The van der Waals surface area contributed by atoms with Gasteiger partial charge in [-0.3, -0.25) is 0 Å². The van der Waals surface area contributed by atoms with Gasteiger partial charge in [0.15, 0.2) is 0 Å². The Kier molecular flexibility index (Phi) is 3.89. The van der Waals surface area contributed by atoms with E-state index >= 15 is 0 Å². The number of nitrogens with two attached hydrogens (primary N) is 2. The van der Waals surface area contributed by atoms with Gasteiger partial charge in [-0.2, -0.15) is 0 Å². The lowest BCUT2D eigenvalue weighted by atomic mass is 10.2. The summed E-state index contributed by atoms with van der Waals surface area (Å²) >= 11 is 6.03. The van der Waals surface area contributed by atoms with Crippen molar-refractivity contribution in [2.24, 2.45) is 5.14 Å². The molecule has 0 heterocycles. The van der Waals surface area contributed by atoms with Crippen LogP contribution in [0.4, 0.5) is 17.1 Å². The standard InChI is InChI=1S/C13H14ClN3O2S/c1-8-2-3-10(7-13(8)14)17-11-4-9(15)5-12(6-11)20(16,18)19/h2-7,17H,15H2,1H3,(H2,16,18,19). The molecule has 106 valence electrons. The van der Waals surface area contributed by atoms with Crippen molar-refractivity contribution in [3.63, 3.8) is 0 Å². The van der Waals surface area contributed by atoms with Crippen molar-refractivity contribution in [1.82, 2.24) is 0 Å². The molecule has 0 aliphatic rings. The molecule has 2 aromatic rings. The molecule has 5 nitrogen and oxygen atoms in total. The van der Waals surface area contributed by atoms with Crippen molar-refractivity contribution < 1.29 is 8.42 Å². The van der Waals surface area contributed by atoms with Crippen LogP contribution in [-0.2, 0) is 10.0 Å². The number of hydrogen-bond donors (Lipinski definition) is 3. The zero-order chi connectivity index (χ0) is 14.9. The molecule has 0 bridgehead atoms. The number of rotatable bonds is 3. The fraction of sp³-hybridized carbons (Fsp3) is 0.0769. The summed E-state index contributed by atoms with van der Waals surface area (Å²) in [5, 5.41) is 8.76. The first-order valence-electron chi connectivity index (χ1n) is 5.72. The van der Waals surface area contributed by atoms with E-state index in [0.29, 0.717) is 16.4 Å². The van der Waals surface area contributed by atoms with Crippen molar-refractivity contribution in [3.05, 3.63) is 47.0 Å². The Labute approximate surface area is 122 Å². The average molecular weight is 312 g/mol. The lowest BCUT2D eigenvalue weighted by Crippen LogP contribution is -2.12. The summed E-state index contributed by atoms with van der Waals surface area (Å²) in [6.45, 7) is 1.89. The minimum atomic E-state index is -3.80. The predicted molar refractivity (Wildman–Crippen MR) is 81.7 cm³/mol. The molecular formula is C13H14ClN3O2S. The smallest absolute Gasteiger partial charge is 0.238 e. The lowest BCUT2D eigenvalue weighted by Gasteiger charge is -2.10. The summed E-state index contributed by atoms with van der Waals surface area (Å²) in [5.74, 6) is 0. The summed E-state index contributed by atoms with van der Waals surface area (Å²) in [5.41, 5.74) is 8.18. The molecule has 0 amide bonds. The van der Waals surface area contributed by atoms with Gasteiger partial charge in [0.1, 0.15) is 0 Å². The average Bonchev–Trinajstić information content (AvgIpc) is 2.32. The number of primary sulfonamides is 1. The Morgan fingerprint density at radius 3 is 2.40 bits per heavy atom. The number of benzene rings is 2. The molecule has 0 saturated heterocycles. The van der Waals surface area contributed by atoms with E-state index in [4.69, 9.17) is 22.5 Å². The monoisotopic (exact) mass is 311 g/mol. The highest BCUT2D eigenvalue weighted by molar-refractivity contribution is 7.89. The molecule has 0 saturated carbocycles. The summed E-state index contributed by atoms with van der Waals surface area (Å²) in [6.07, 6.45) is 0. The molecule has 0 atom stereocenters. The van der Waals surface area contributed by atoms with Gasteiger partial charge in [-0.25, -0.2) is 13.6 Å². The van der Waals surface area contributed by atoms with Gasteiger partial charge < -0.3 is 11.1 Å². The maximum atomic E-state index is 11.4. The second-order valence-electron chi connectivity index (χ2n) is 4.42. The van der Waals surface area contributed by atoms with E-state index in [-0.39, 0.29) is 4.90 Å². The summed E-state index contributed by atoms with van der Waals surface area (Å²) in [6, 6.07) is 9.78. The zero-order valence-electron chi connectivity index (χ0n) is 10.7. The molecule has 0 unspecified atom stereocenters. The molecule has 7 heteroatoms. The van der Waals surface area contributed by atoms with Gasteiger partial charge in [-0.15, -0.1) is 0 Å². The van der Waals surface area contributed by atoms with Crippen molar-refractivity contribution in [2.75, 3.05) is 11.1 Å². The molecule has 0 aliphatic heterocycles. The normalized spacial score (nSPS) is 11.3. The van der Waals surface area contributed by atoms with E-state index in [1.807, 2.05) is 19.1 Å². The van der Waals surface area contributed by atoms with E-state index in [9.17, 15) is 8.42 Å². The topological polar surface area (TPSA) is 98.2 Å². The number of anilines is 3. The second kappa shape index (κ2) is 5.32. The van der Waals surface area contributed by atoms with Gasteiger partial charge in [0, 0.05) is 22.1 Å². The maximum Gasteiger partial charge on any atom is 0.238 e. The van der Waals surface area contributed by atoms with Crippen LogP contribution in [0, 0.1) is 6.92 Å². The van der Waals surface area contributed by atoms with E-state index in [2.05, 4.69) is 5.32 Å². The maximum absolute atomic E-state index is 11.4. The summed E-state index contributed by atoms with van der Waals surface area (Å²) < 4.78 is 22.7. The van der Waals surface area contributed by atoms with Crippen LogP contribution in [0.25, 0.3) is 0 Å². The summed E-state index contributed by atoms with van der Waals surface area (Å²) in [7, 11) is -3.80. The van der Waals surface area contributed by atoms with Gasteiger partial charge in [-0.1, -0.05) is 17.7 Å². The molecule has 20 heavy (non-hydrogen) atoms. The minimum absolute atomic E-state index is 0.0433. The van der Waals surface area contributed by atoms with Crippen molar-refractivity contribution in [3.8, 4) is 0 Å². The molecule has 5 N–H and O–H groups in total. The molecule has 0 radical (unpaired) electrons.